The summed E-state index contributed by atoms with van der Waals surface area (Å²) < 4.78 is 7.71. The van der Waals surface area contributed by atoms with E-state index in [0.717, 1.165) is 0 Å². The Morgan fingerprint density at radius 3 is 2.96 bits per heavy atom. The van der Waals surface area contributed by atoms with Crippen molar-refractivity contribution in [3.05, 3.63) is 47.5 Å². The van der Waals surface area contributed by atoms with Gasteiger partial charge in [-0.3, -0.25) is 9.48 Å². The van der Waals surface area contributed by atoms with Crippen LogP contribution in [-0.4, -0.2) is 44.8 Å². The van der Waals surface area contributed by atoms with Crippen LogP contribution in [0.25, 0.3) is 0 Å². The monoisotopic (exact) mass is 328 g/mol. The lowest BCUT2D eigenvalue weighted by Crippen LogP contribution is -2.48. The lowest BCUT2D eigenvalue weighted by molar-refractivity contribution is -0.144. The Balaban J connectivity index is 1.68. The van der Waals surface area contributed by atoms with Gasteiger partial charge in [-0.2, -0.15) is 5.10 Å². The second-order valence-electron chi connectivity index (χ2n) is 6.49. The fraction of sp³-hybridized carbons (Fsp3) is 0.500. The van der Waals surface area contributed by atoms with E-state index < -0.39 is 0 Å². The number of morpholine rings is 1. The minimum absolute atomic E-state index is 0.0589. The molecule has 0 spiro atoms. The molecule has 1 fully saturated rings. The summed E-state index contributed by atoms with van der Waals surface area (Å²) >= 11 is 0. The molecule has 0 unspecified atom stereocenters. The minimum Gasteiger partial charge on any atom is -0.370 e. The van der Waals surface area contributed by atoms with E-state index in [1.807, 2.05) is 11.8 Å². The van der Waals surface area contributed by atoms with E-state index in [1.54, 1.807) is 11.0 Å². The van der Waals surface area contributed by atoms with Crippen LogP contribution in [0.5, 0.6) is 0 Å². The number of amides is 1. The zero-order chi connectivity index (χ0) is 17.1. The van der Waals surface area contributed by atoms with E-state index in [4.69, 9.17) is 4.74 Å². The van der Waals surface area contributed by atoms with Crippen molar-refractivity contribution in [1.29, 1.82) is 0 Å². The zero-order valence-corrected chi connectivity index (χ0v) is 14.5. The molecule has 1 amide bonds. The SMILES string of the molecule is Cc1ccc(C)c([C@@H]2CN(C(=O)CCn3cncn3)[C@@H](C)CO2)c1. The topological polar surface area (TPSA) is 60.2 Å². The maximum absolute atomic E-state index is 12.6. The number of aromatic nitrogens is 3. The maximum Gasteiger partial charge on any atom is 0.224 e. The molecule has 0 N–H and O–H groups in total. The van der Waals surface area contributed by atoms with Crippen LogP contribution in [0.4, 0.5) is 0 Å². The lowest BCUT2D eigenvalue weighted by atomic mass is 9.98. The van der Waals surface area contributed by atoms with Crippen molar-refractivity contribution in [3.8, 4) is 0 Å². The van der Waals surface area contributed by atoms with E-state index in [2.05, 4.69) is 42.1 Å². The molecule has 6 heteroatoms. The molecule has 2 aromatic rings. The van der Waals surface area contributed by atoms with Crippen LogP contribution in [0.1, 0.15) is 36.1 Å². The maximum atomic E-state index is 12.6. The average Bonchev–Trinajstić information content (AvgIpc) is 3.09. The summed E-state index contributed by atoms with van der Waals surface area (Å²) in [6.45, 7) is 7.92. The second kappa shape index (κ2) is 7.13. The molecule has 0 radical (unpaired) electrons. The number of rotatable bonds is 4. The Bertz CT molecular complexity index is 699. The summed E-state index contributed by atoms with van der Waals surface area (Å²) in [5.74, 6) is 0.136. The smallest absolute Gasteiger partial charge is 0.224 e. The fourth-order valence-electron chi connectivity index (χ4n) is 3.10. The molecule has 1 aromatic carbocycles. The Morgan fingerprint density at radius 1 is 1.38 bits per heavy atom. The summed E-state index contributed by atoms with van der Waals surface area (Å²) in [5.41, 5.74) is 3.59. The van der Waals surface area contributed by atoms with Crippen LogP contribution in [0.3, 0.4) is 0 Å². The van der Waals surface area contributed by atoms with Gasteiger partial charge in [0.05, 0.1) is 25.7 Å². The highest BCUT2D eigenvalue weighted by molar-refractivity contribution is 5.76. The van der Waals surface area contributed by atoms with Gasteiger partial charge in [-0.1, -0.05) is 23.8 Å². The molecular formula is C18H24N4O2. The van der Waals surface area contributed by atoms with Gasteiger partial charge in [-0.15, -0.1) is 0 Å². The number of aryl methyl sites for hydroxylation is 3. The highest BCUT2D eigenvalue weighted by atomic mass is 16.5. The van der Waals surface area contributed by atoms with Crippen LogP contribution in [0.15, 0.2) is 30.9 Å². The highest BCUT2D eigenvalue weighted by Gasteiger charge is 2.30. The predicted octanol–water partition coefficient (Wildman–Crippen LogP) is 2.27. The summed E-state index contributed by atoms with van der Waals surface area (Å²) in [4.78, 5) is 18.5. The van der Waals surface area contributed by atoms with Crippen molar-refractivity contribution in [1.82, 2.24) is 19.7 Å². The van der Waals surface area contributed by atoms with Crippen molar-refractivity contribution in [2.75, 3.05) is 13.2 Å². The van der Waals surface area contributed by atoms with Gasteiger partial charge in [0.1, 0.15) is 18.8 Å². The van der Waals surface area contributed by atoms with Gasteiger partial charge in [0, 0.05) is 6.42 Å². The number of benzene rings is 1. The van der Waals surface area contributed by atoms with E-state index in [1.165, 1.54) is 23.0 Å². The van der Waals surface area contributed by atoms with Crippen molar-refractivity contribution in [3.63, 3.8) is 0 Å². The molecule has 6 nitrogen and oxygen atoms in total. The Hall–Kier alpha value is -2.21. The molecule has 0 aliphatic carbocycles. The molecule has 1 aliphatic rings. The van der Waals surface area contributed by atoms with E-state index >= 15 is 0 Å². The Kier molecular flexibility index (Phi) is 4.94. The van der Waals surface area contributed by atoms with Crippen LogP contribution >= 0.6 is 0 Å². The third-order valence-electron chi connectivity index (χ3n) is 4.56. The first kappa shape index (κ1) is 16.6. The van der Waals surface area contributed by atoms with Crippen LogP contribution in [0.2, 0.25) is 0 Å². The molecular weight excluding hydrogens is 304 g/mol. The molecule has 1 aromatic heterocycles. The third kappa shape index (κ3) is 3.64. The molecule has 1 aliphatic heterocycles. The van der Waals surface area contributed by atoms with Crippen LogP contribution in [-0.2, 0) is 16.1 Å². The Labute approximate surface area is 142 Å². The van der Waals surface area contributed by atoms with E-state index in [0.29, 0.717) is 26.1 Å². The average molecular weight is 328 g/mol. The first-order valence-electron chi connectivity index (χ1n) is 8.35. The number of carbonyl (C=O) groups excluding carboxylic acids is 1. The summed E-state index contributed by atoms with van der Waals surface area (Å²) in [6, 6.07) is 6.47. The number of carbonyl (C=O) groups is 1. The van der Waals surface area contributed by atoms with Gasteiger partial charge in [0.2, 0.25) is 5.91 Å². The summed E-state index contributed by atoms with van der Waals surface area (Å²) in [6.07, 6.45) is 3.48. The van der Waals surface area contributed by atoms with Gasteiger partial charge in [-0.25, -0.2) is 4.98 Å². The number of hydrogen-bond acceptors (Lipinski definition) is 4. The molecule has 0 bridgehead atoms. The zero-order valence-electron chi connectivity index (χ0n) is 14.5. The predicted molar refractivity (Wildman–Crippen MR) is 90.4 cm³/mol. The number of ether oxygens (including phenoxy) is 1. The largest absolute Gasteiger partial charge is 0.370 e. The quantitative estimate of drug-likeness (QED) is 0.864. The first-order valence-corrected chi connectivity index (χ1v) is 8.35. The van der Waals surface area contributed by atoms with Crippen molar-refractivity contribution < 1.29 is 9.53 Å². The van der Waals surface area contributed by atoms with Crippen molar-refractivity contribution in [2.24, 2.45) is 0 Å². The van der Waals surface area contributed by atoms with Crippen molar-refractivity contribution >= 4 is 5.91 Å². The van der Waals surface area contributed by atoms with Crippen LogP contribution in [0, 0.1) is 13.8 Å². The summed E-state index contributed by atoms with van der Waals surface area (Å²) in [7, 11) is 0. The molecule has 24 heavy (non-hydrogen) atoms. The molecule has 2 heterocycles. The van der Waals surface area contributed by atoms with Gasteiger partial charge in [0.25, 0.3) is 0 Å². The van der Waals surface area contributed by atoms with E-state index in [-0.39, 0.29) is 18.1 Å². The molecule has 1 saturated heterocycles. The lowest BCUT2D eigenvalue weighted by Gasteiger charge is -2.38. The van der Waals surface area contributed by atoms with Gasteiger partial charge < -0.3 is 9.64 Å². The van der Waals surface area contributed by atoms with Gasteiger partial charge in [0.15, 0.2) is 0 Å². The normalized spacial score (nSPS) is 21.0. The van der Waals surface area contributed by atoms with Gasteiger partial charge >= 0.3 is 0 Å². The third-order valence-corrected chi connectivity index (χ3v) is 4.56. The Morgan fingerprint density at radius 2 is 2.21 bits per heavy atom. The molecule has 0 saturated carbocycles. The number of nitrogens with zero attached hydrogens (tertiary/aromatic N) is 4. The van der Waals surface area contributed by atoms with Gasteiger partial charge in [-0.05, 0) is 31.9 Å². The van der Waals surface area contributed by atoms with E-state index in [9.17, 15) is 4.79 Å². The minimum atomic E-state index is -0.0589. The molecule has 3 rings (SSSR count). The number of hydrogen-bond donors (Lipinski definition) is 0. The second-order valence-corrected chi connectivity index (χ2v) is 6.49. The van der Waals surface area contributed by atoms with Crippen LogP contribution < -0.4 is 0 Å². The highest BCUT2D eigenvalue weighted by Crippen LogP contribution is 2.28. The molecule has 128 valence electrons. The first-order chi connectivity index (χ1) is 11.5. The molecule has 2 atom stereocenters. The fourth-order valence-corrected chi connectivity index (χ4v) is 3.10. The summed E-state index contributed by atoms with van der Waals surface area (Å²) in [5, 5.41) is 4.05. The van der Waals surface area contributed by atoms with Crippen molar-refractivity contribution in [2.45, 2.75) is 45.9 Å². The standard InChI is InChI=1S/C18H24N4O2/c1-13-4-5-14(2)16(8-13)17-9-22(15(3)10-24-17)18(23)6-7-21-12-19-11-20-21/h4-5,8,11-12,15,17H,6-7,9-10H2,1-3H3/t15-,17-/m0/s1.